The van der Waals surface area contributed by atoms with E-state index < -0.39 is 15.9 Å². The fourth-order valence-electron chi connectivity index (χ4n) is 4.90. The monoisotopic (exact) mass is 497 g/mol. The van der Waals surface area contributed by atoms with Gasteiger partial charge in [0, 0.05) is 49.0 Å². The lowest BCUT2D eigenvalue weighted by Gasteiger charge is -2.53. The van der Waals surface area contributed by atoms with E-state index in [1.54, 1.807) is 41.3 Å². The molecule has 2 amide bonds. The van der Waals surface area contributed by atoms with Crippen molar-refractivity contribution in [3.63, 3.8) is 0 Å². The fraction of sp³-hybridized carbons (Fsp3) is 0.417. The standard InChI is InChI=1S/C24H27N5O5S/c1-16-3-4-18(21(11-16)35(2,32)33)13-34-23(31)28-9-7-24(8-10-28)14-29(15-24)22(30)17-5-6-19-20(12-17)26-27-25-19/h3-6,11-12H,7-10,13-15H2,1-2H3,(H,25,26,27). The van der Waals surface area contributed by atoms with Crippen LogP contribution in [-0.4, -0.2) is 78.1 Å². The minimum atomic E-state index is -3.43. The van der Waals surface area contributed by atoms with E-state index in [9.17, 15) is 18.0 Å². The first kappa shape index (κ1) is 23.3. The topological polar surface area (TPSA) is 126 Å². The lowest BCUT2D eigenvalue weighted by Crippen LogP contribution is -2.62. The van der Waals surface area contributed by atoms with Crippen molar-refractivity contribution >= 4 is 32.9 Å². The van der Waals surface area contributed by atoms with E-state index in [2.05, 4.69) is 15.4 Å². The number of nitrogens with one attached hydrogen (secondary N) is 1. The molecule has 0 aliphatic carbocycles. The lowest BCUT2D eigenvalue weighted by atomic mass is 9.72. The Kier molecular flexibility index (Phi) is 5.74. The van der Waals surface area contributed by atoms with E-state index in [1.165, 1.54) is 0 Å². The number of H-pyrrole nitrogens is 1. The zero-order valence-corrected chi connectivity index (χ0v) is 20.5. The van der Waals surface area contributed by atoms with Gasteiger partial charge in [-0.1, -0.05) is 12.1 Å². The van der Waals surface area contributed by atoms with E-state index in [1.807, 2.05) is 11.8 Å². The first-order valence-electron chi connectivity index (χ1n) is 11.4. The number of likely N-dealkylation sites (tertiary alicyclic amines) is 2. The van der Waals surface area contributed by atoms with Crippen molar-refractivity contribution in [2.45, 2.75) is 31.3 Å². The number of carbonyl (C=O) groups is 2. The Labute approximate surface area is 203 Å². The number of nitrogens with zero attached hydrogens (tertiary/aromatic N) is 4. The largest absolute Gasteiger partial charge is 0.444 e. The maximum absolute atomic E-state index is 12.9. The molecule has 5 rings (SSSR count). The second-order valence-electron chi connectivity index (χ2n) is 9.61. The number of benzene rings is 2. The molecule has 0 unspecified atom stereocenters. The Morgan fingerprint density at radius 2 is 1.74 bits per heavy atom. The molecule has 1 spiro atoms. The van der Waals surface area contributed by atoms with Crippen molar-refractivity contribution in [3.05, 3.63) is 53.1 Å². The van der Waals surface area contributed by atoms with Gasteiger partial charge in [0.15, 0.2) is 9.84 Å². The first-order valence-corrected chi connectivity index (χ1v) is 13.3. The van der Waals surface area contributed by atoms with Gasteiger partial charge in [-0.05, 0) is 49.6 Å². The summed E-state index contributed by atoms with van der Waals surface area (Å²) in [5, 5.41) is 10.6. The van der Waals surface area contributed by atoms with Crippen molar-refractivity contribution in [3.8, 4) is 0 Å². The molecule has 184 valence electrons. The number of rotatable bonds is 4. The van der Waals surface area contributed by atoms with Crippen LogP contribution < -0.4 is 0 Å². The van der Waals surface area contributed by atoms with Crippen LogP contribution in [0.1, 0.15) is 34.3 Å². The Balaban J connectivity index is 1.13. The molecular formula is C24H27N5O5S. The number of hydrogen-bond donors (Lipinski definition) is 1. The van der Waals surface area contributed by atoms with Crippen LogP contribution in [0.5, 0.6) is 0 Å². The highest BCUT2D eigenvalue weighted by atomic mass is 32.2. The number of aromatic nitrogens is 3. The molecule has 35 heavy (non-hydrogen) atoms. The van der Waals surface area contributed by atoms with Gasteiger partial charge in [-0.2, -0.15) is 15.4 Å². The highest BCUT2D eigenvalue weighted by molar-refractivity contribution is 7.90. The molecule has 2 saturated heterocycles. The van der Waals surface area contributed by atoms with Crippen LogP contribution in [0.4, 0.5) is 4.79 Å². The van der Waals surface area contributed by atoms with Gasteiger partial charge in [0.25, 0.3) is 5.91 Å². The van der Waals surface area contributed by atoms with Crippen LogP contribution in [-0.2, 0) is 21.2 Å². The Bertz CT molecular complexity index is 1400. The summed E-state index contributed by atoms with van der Waals surface area (Å²) in [7, 11) is -3.43. The molecule has 3 heterocycles. The highest BCUT2D eigenvalue weighted by Crippen LogP contribution is 2.41. The summed E-state index contributed by atoms with van der Waals surface area (Å²) in [6.07, 6.45) is 2.27. The van der Waals surface area contributed by atoms with Gasteiger partial charge in [-0.25, -0.2) is 13.2 Å². The molecule has 0 bridgehead atoms. The number of carbonyl (C=O) groups excluding carboxylic acids is 2. The molecule has 0 saturated carbocycles. The number of amides is 2. The van der Waals surface area contributed by atoms with E-state index in [0.717, 1.165) is 30.2 Å². The average Bonchev–Trinajstić information content (AvgIpc) is 3.28. The summed E-state index contributed by atoms with van der Waals surface area (Å²) in [6.45, 7) is 4.12. The third-order valence-corrected chi connectivity index (χ3v) is 8.14. The second-order valence-corrected chi connectivity index (χ2v) is 11.6. The SMILES string of the molecule is Cc1ccc(COC(=O)N2CCC3(CC2)CN(C(=O)c2ccc4n[nH]nc4c2)C3)c(S(C)(=O)=O)c1. The summed E-state index contributed by atoms with van der Waals surface area (Å²) in [6, 6.07) is 10.4. The smallest absolute Gasteiger partial charge is 0.410 e. The molecule has 11 heteroatoms. The molecule has 2 fully saturated rings. The van der Waals surface area contributed by atoms with Gasteiger partial charge in [0.05, 0.1) is 4.90 Å². The van der Waals surface area contributed by atoms with Crippen molar-refractivity contribution in [1.82, 2.24) is 25.2 Å². The third-order valence-electron chi connectivity index (χ3n) is 6.96. The van der Waals surface area contributed by atoms with Gasteiger partial charge < -0.3 is 14.5 Å². The minimum absolute atomic E-state index is 0.0187. The van der Waals surface area contributed by atoms with Crippen molar-refractivity contribution in [2.75, 3.05) is 32.4 Å². The Hall–Kier alpha value is -3.47. The summed E-state index contributed by atoms with van der Waals surface area (Å²) >= 11 is 0. The third kappa shape index (κ3) is 4.60. The summed E-state index contributed by atoms with van der Waals surface area (Å²) in [4.78, 5) is 29.2. The minimum Gasteiger partial charge on any atom is -0.444 e. The van der Waals surface area contributed by atoms with Crippen LogP contribution in [0.15, 0.2) is 41.3 Å². The van der Waals surface area contributed by atoms with Crippen molar-refractivity contribution in [1.29, 1.82) is 0 Å². The van der Waals surface area contributed by atoms with Gasteiger partial charge in [-0.3, -0.25) is 4.79 Å². The number of aryl methyl sites for hydroxylation is 1. The van der Waals surface area contributed by atoms with E-state index in [4.69, 9.17) is 4.74 Å². The molecule has 1 N–H and O–H groups in total. The zero-order chi connectivity index (χ0) is 24.8. The van der Waals surface area contributed by atoms with E-state index >= 15 is 0 Å². The molecule has 0 atom stereocenters. The highest BCUT2D eigenvalue weighted by Gasteiger charge is 2.47. The fourth-order valence-corrected chi connectivity index (χ4v) is 5.90. The molecule has 2 aliphatic rings. The number of aromatic amines is 1. The zero-order valence-electron chi connectivity index (χ0n) is 19.7. The molecular weight excluding hydrogens is 470 g/mol. The first-order chi connectivity index (χ1) is 16.6. The van der Waals surface area contributed by atoms with Gasteiger partial charge in [0.1, 0.15) is 17.6 Å². The number of piperidine rings is 1. The van der Waals surface area contributed by atoms with E-state index in [-0.39, 0.29) is 22.8 Å². The van der Waals surface area contributed by atoms with Crippen LogP contribution in [0.2, 0.25) is 0 Å². The molecule has 3 aromatic rings. The lowest BCUT2D eigenvalue weighted by molar-refractivity contribution is -0.0320. The van der Waals surface area contributed by atoms with E-state index in [0.29, 0.717) is 42.8 Å². The van der Waals surface area contributed by atoms with Gasteiger partial charge in [0.2, 0.25) is 0 Å². The summed E-state index contributed by atoms with van der Waals surface area (Å²) in [5.74, 6) is -0.0258. The molecule has 2 aromatic carbocycles. The Morgan fingerprint density at radius 1 is 1.03 bits per heavy atom. The molecule has 0 radical (unpaired) electrons. The van der Waals surface area contributed by atoms with Crippen LogP contribution in [0, 0.1) is 12.3 Å². The second kappa shape index (κ2) is 8.63. The van der Waals surface area contributed by atoms with Crippen molar-refractivity contribution < 1.29 is 22.7 Å². The molecule has 1 aromatic heterocycles. The Morgan fingerprint density at radius 3 is 2.46 bits per heavy atom. The maximum Gasteiger partial charge on any atom is 0.410 e. The average molecular weight is 498 g/mol. The predicted molar refractivity (Wildman–Crippen MR) is 128 cm³/mol. The van der Waals surface area contributed by atoms with Gasteiger partial charge >= 0.3 is 6.09 Å². The number of hydrogen-bond acceptors (Lipinski definition) is 7. The maximum atomic E-state index is 12.9. The van der Waals surface area contributed by atoms with Crippen LogP contribution >= 0.6 is 0 Å². The van der Waals surface area contributed by atoms with Crippen LogP contribution in [0.3, 0.4) is 0 Å². The quantitative estimate of drug-likeness (QED) is 0.587. The number of sulfone groups is 1. The van der Waals surface area contributed by atoms with Crippen LogP contribution in [0.25, 0.3) is 11.0 Å². The predicted octanol–water partition coefficient (Wildman–Crippen LogP) is 2.54. The summed E-state index contributed by atoms with van der Waals surface area (Å²) < 4.78 is 29.6. The normalized spacial score (nSPS) is 17.4. The van der Waals surface area contributed by atoms with Crippen molar-refractivity contribution in [2.24, 2.45) is 5.41 Å². The number of ether oxygens (including phenoxy) is 1. The van der Waals surface area contributed by atoms with Gasteiger partial charge in [-0.15, -0.1) is 0 Å². The molecule has 10 nitrogen and oxygen atoms in total. The summed E-state index contributed by atoms with van der Waals surface area (Å²) in [5.41, 5.74) is 3.28. The molecule has 2 aliphatic heterocycles. The number of fused-ring (bicyclic) bond motifs is 1.